The van der Waals surface area contributed by atoms with Crippen LogP contribution in [0.2, 0.25) is 0 Å². The number of nitrogens with zero attached hydrogens (tertiary/aromatic N) is 2. The summed E-state index contributed by atoms with van der Waals surface area (Å²) in [5.74, 6) is -0.662. The molecule has 1 aliphatic heterocycles. The molecular weight excluding hydrogens is 321 g/mol. The third-order valence-electron chi connectivity index (χ3n) is 4.74. The topological polar surface area (TPSA) is 66.6 Å². The number of amides is 2. The molecular formula is C19H28FN3O2. The number of hydrogen-bond donors (Lipinski definition) is 1. The Kier molecular flexibility index (Phi) is 6.16. The summed E-state index contributed by atoms with van der Waals surface area (Å²) in [6.45, 7) is 6.18. The number of carbonyl (C=O) groups is 2. The second-order valence-corrected chi connectivity index (χ2v) is 7.66. The largest absolute Gasteiger partial charge is 0.345 e. The lowest BCUT2D eigenvalue weighted by atomic mass is 9.91. The van der Waals surface area contributed by atoms with Crippen molar-refractivity contribution < 1.29 is 14.0 Å². The minimum atomic E-state index is -0.368. The van der Waals surface area contributed by atoms with Gasteiger partial charge >= 0.3 is 0 Å². The lowest BCUT2D eigenvalue weighted by molar-refractivity contribution is -0.136. The van der Waals surface area contributed by atoms with Crippen molar-refractivity contribution in [3.63, 3.8) is 0 Å². The van der Waals surface area contributed by atoms with E-state index in [0.29, 0.717) is 31.7 Å². The summed E-state index contributed by atoms with van der Waals surface area (Å²) in [5, 5.41) is 0. The maximum Gasteiger partial charge on any atom is 0.253 e. The average Bonchev–Trinajstić information content (AvgIpc) is 2.61. The normalized spacial score (nSPS) is 18.1. The van der Waals surface area contributed by atoms with E-state index < -0.39 is 0 Å². The summed E-state index contributed by atoms with van der Waals surface area (Å²) >= 11 is 0. The molecule has 0 radical (unpaired) electrons. The van der Waals surface area contributed by atoms with Gasteiger partial charge in [0.2, 0.25) is 5.91 Å². The summed E-state index contributed by atoms with van der Waals surface area (Å²) in [7, 11) is 1.79. The van der Waals surface area contributed by atoms with Gasteiger partial charge in [0, 0.05) is 32.2 Å². The number of carbonyl (C=O) groups excluding carboxylic acids is 2. The van der Waals surface area contributed by atoms with Crippen molar-refractivity contribution in [1.29, 1.82) is 0 Å². The van der Waals surface area contributed by atoms with Gasteiger partial charge in [0.25, 0.3) is 5.91 Å². The summed E-state index contributed by atoms with van der Waals surface area (Å²) < 4.78 is 13.0. The summed E-state index contributed by atoms with van der Waals surface area (Å²) in [6, 6.07) is 5.53. The van der Waals surface area contributed by atoms with Crippen LogP contribution in [0.3, 0.4) is 0 Å². The second-order valence-electron chi connectivity index (χ2n) is 7.66. The highest BCUT2D eigenvalue weighted by Gasteiger charge is 2.32. The van der Waals surface area contributed by atoms with E-state index in [2.05, 4.69) is 0 Å². The first-order valence-corrected chi connectivity index (χ1v) is 8.73. The summed E-state index contributed by atoms with van der Waals surface area (Å²) in [4.78, 5) is 28.7. The standard InChI is InChI=1S/C19H28FN3O2/c1-19(2,12-21)13-22(3)17(24)15-5-4-10-23(11-15)18(25)14-6-8-16(20)9-7-14/h6-9,15H,4-5,10-13,21H2,1-3H3. The summed E-state index contributed by atoms with van der Waals surface area (Å²) in [6.07, 6.45) is 1.57. The van der Waals surface area contributed by atoms with Crippen molar-refractivity contribution in [3.8, 4) is 0 Å². The van der Waals surface area contributed by atoms with Crippen LogP contribution in [0.5, 0.6) is 0 Å². The van der Waals surface area contributed by atoms with Gasteiger partial charge in [-0.3, -0.25) is 9.59 Å². The maximum absolute atomic E-state index is 13.0. The highest BCUT2D eigenvalue weighted by molar-refractivity contribution is 5.94. The van der Waals surface area contributed by atoms with Crippen LogP contribution < -0.4 is 5.73 Å². The number of likely N-dealkylation sites (tertiary alicyclic amines) is 1. The number of benzene rings is 1. The third kappa shape index (κ3) is 5.01. The zero-order valence-electron chi connectivity index (χ0n) is 15.3. The quantitative estimate of drug-likeness (QED) is 0.885. The molecule has 138 valence electrons. The van der Waals surface area contributed by atoms with Gasteiger partial charge in [-0.15, -0.1) is 0 Å². The zero-order chi connectivity index (χ0) is 18.6. The van der Waals surface area contributed by atoms with Crippen LogP contribution in [0.15, 0.2) is 24.3 Å². The second kappa shape index (κ2) is 7.95. The molecule has 2 amide bonds. The fourth-order valence-corrected chi connectivity index (χ4v) is 3.23. The van der Waals surface area contributed by atoms with E-state index in [1.165, 1.54) is 24.3 Å². The Balaban J connectivity index is 2.01. The monoisotopic (exact) mass is 349 g/mol. The molecule has 0 aliphatic carbocycles. The molecule has 0 spiro atoms. The molecule has 1 saturated heterocycles. The predicted octanol–water partition coefficient (Wildman–Crippen LogP) is 2.12. The molecule has 1 aromatic rings. The predicted molar refractivity (Wildman–Crippen MR) is 95.5 cm³/mol. The molecule has 1 aromatic carbocycles. The minimum Gasteiger partial charge on any atom is -0.345 e. The number of rotatable bonds is 5. The van der Waals surface area contributed by atoms with E-state index in [4.69, 9.17) is 5.73 Å². The van der Waals surface area contributed by atoms with Gasteiger partial charge in [0.05, 0.1) is 5.92 Å². The average molecular weight is 349 g/mol. The van der Waals surface area contributed by atoms with Gasteiger partial charge in [0.1, 0.15) is 5.82 Å². The van der Waals surface area contributed by atoms with Gasteiger partial charge in [-0.2, -0.15) is 0 Å². The Morgan fingerprint density at radius 2 is 1.96 bits per heavy atom. The van der Waals surface area contributed by atoms with Crippen molar-refractivity contribution in [2.75, 3.05) is 33.2 Å². The molecule has 1 heterocycles. The van der Waals surface area contributed by atoms with Crippen LogP contribution in [0, 0.1) is 17.2 Å². The molecule has 0 bridgehead atoms. The van der Waals surface area contributed by atoms with Crippen LogP contribution in [0.4, 0.5) is 4.39 Å². The van der Waals surface area contributed by atoms with E-state index in [9.17, 15) is 14.0 Å². The smallest absolute Gasteiger partial charge is 0.253 e. The van der Waals surface area contributed by atoms with Crippen molar-refractivity contribution in [2.24, 2.45) is 17.1 Å². The van der Waals surface area contributed by atoms with Gasteiger partial charge in [0.15, 0.2) is 0 Å². The van der Waals surface area contributed by atoms with Gasteiger partial charge in [-0.1, -0.05) is 13.8 Å². The first-order chi connectivity index (χ1) is 11.7. The highest BCUT2D eigenvalue weighted by atomic mass is 19.1. The molecule has 25 heavy (non-hydrogen) atoms. The number of piperidine rings is 1. The lowest BCUT2D eigenvalue weighted by Gasteiger charge is -2.36. The SMILES string of the molecule is CN(CC(C)(C)CN)C(=O)C1CCCN(C(=O)c2ccc(F)cc2)C1. The summed E-state index contributed by atoms with van der Waals surface area (Å²) in [5.41, 5.74) is 6.07. The van der Waals surface area contributed by atoms with Crippen LogP contribution in [-0.2, 0) is 4.79 Å². The fourth-order valence-electron chi connectivity index (χ4n) is 3.23. The van der Waals surface area contributed by atoms with E-state index in [0.717, 1.165) is 12.8 Å². The van der Waals surface area contributed by atoms with E-state index in [-0.39, 0.29) is 29.0 Å². The van der Waals surface area contributed by atoms with Gasteiger partial charge in [-0.25, -0.2) is 4.39 Å². The van der Waals surface area contributed by atoms with Gasteiger partial charge < -0.3 is 15.5 Å². The first-order valence-electron chi connectivity index (χ1n) is 8.73. The molecule has 1 aliphatic rings. The van der Waals surface area contributed by atoms with E-state index in [1.807, 2.05) is 13.8 Å². The van der Waals surface area contributed by atoms with Crippen LogP contribution in [0.25, 0.3) is 0 Å². The molecule has 0 saturated carbocycles. The molecule has 1 atom stereocenters. The number of hydrogen-bond acceptors (Lipinski definition) is 3. The Hall–Kier alpha value is -1.95. The lowest BCUT2D eigenvalue weighted by Crippen LogP contribution is -2.48. The van der Waals surface area contributed by atoms with E-state index >= 15 is 0 Å². The molecule has 1 unspecified atom stereocenters. The first kappa shape index (κ1) is 19.4. The molecule has 2 rings (SSSR count). The van der Waals surface area contributed by atoms with Crippen molar-refractivity contribution in [1.82, 2.24) is 9.80 Å². The number of nitrogens with two attached hydrogens (primary N) is 1. The third-order valence-corrected chi connectivity index (χ3v) is 4.74. The zero-order valence-corrected chi connectivity index (χ0v) is 15.3. The van der Waals surface area contributed by atoms with Gasteiger partial charge in [-0.05, 0) is 49.1 Å². The molecule has 1 fully saturated rings. The van der Waals surface area contributed by atoms with E-state index in [1.54, 1.807) is 16.8 Å². The van der Waals surface area contributed by atoms with Crippen molar-refractivity contribution in [2.45, 2.75) is 26.7 Å². The Bertz CT molecular complexity index is 616. The maximum atomic E-state index is 13.0. The van der Waals surface area contributed by atoms with Crippen LogP contribution in [0.1, 0.15) is 37.0 Å². The van der Waals surface area contributed by atoms with Crippen molar-refractivity contribution in [3.05, 3.63) is 35.6 Å². The molecule has 0 aromatic heterocycles. The van der Waals surface area contributed by atoms with Crippen molar-refractivity contribution >= 4 is 11.8 Å². The number of halogens is 1. The van der Waals surface area contributed by atoms with Crippen LogP contribution in [-0.4, -0.2) is 54.8 Å². The minimum absolute atomic E-state index is 0.0538. The molecule has 2 N–H and O–H groups in total. The Labute approximate surface area is 149 Å². The molecule has 6 heteroatoms. The highest BCUT2D eigenvalue weighted by Crippen LogP contribution is 2.22. The molecule has 5 nitrogen and oxygen atoms in total. The Morgan fingerprint density at radius 3 is 2.56 bits per heavy atom. The van der Waals surface area contributed by atoms with Crippen LogP contribution >= 0.6 is 0 Å². The fraction of sp³-hybridized carbons (Fsp3) is 0.579. The Morgan fingerprint density at radius 1 is 1.32 bits per heavy atom.